The zero-order valence-corrected chi connectivity index (χ0v) is 19.7. The molecule has 3 aromatic rings. The van der Waals surface area contributed by atoms with Crippen molar-refractivity contribution in [1.82, 2.24) is 14.5 Å². The summed E-state index contributed by atoms with van der Waals surface area (Å²) in [5.41, 5.74) is 1.07. The van der Waals surface area contributed by atoms with Crippen LogP contribution in [0.25, 0.3) is 11.3 Å². The van der Waals surface area contributed by atoms with Crippen LogP contribution in [0.2, 0.25) is 0 Å². The number of benzene rings is 1. The Balaban J connectivity index is 1.70. The number of morpholine rings is 1. The summed E-state index contributed by atoms with van der Waals surface area (Å²) in [6, 6.07) is 7.66. The number of halogens is 1. The van der Waals surface area contributed by atoms with Gasteiger partial charge in [-0.25, -0.2) is 17.8 Å². The number of nitrogens with zero attached hydrogens (tertiary/aromatic N) is 4. The molecule has 0 saturated carbocycles. The standard InChI is InChI=1S/C22H24FN5O5S/c1-27-21(29)11-18(15-6-7-24-12-17(15)23)25-22(27)28-8-9-33-20(13-28)16-10-14(26-34(3,30)31)4-5-19(16)32-2/h4-7,10-12,20,26H,8-9,13H2,1-3H3. The third-order valence-electron chi connectivity index (χ3n) is 5.39. The highest BCUT2D eigenvalue weighted by Crippen LogP contribution is 2.34. The van der Waals surface area contributed by atoms with Gasteiger partial charge >= 0.3 is 0 Å². The van der Waals surface area contributed by atoms with Crippen molar-refractivity contribution in [2.45, 2.75) is 6.10 Å². The van der Waals surface area contributed by atoms with Crippen LogP contribution in [0.3, 0.4) is 0 Å². The first-order chi connectivity index (χ1) is 16.2. The minimum Gasteiger partial charge on any atom is -0.496 e. The Labute approximate surface area is 196 Å². The molecule has 1 aliphatic rings. The molecule has 1 aliphatic heterocycles. The normalized spacial score (nSPS) is 16.4. The van der Waals surface area contributed by atoms with E-state index in [2.05, 4.69) is 14.7 Å². The van der Waals surface area contributed by atoms with Gasteiger partial charge in [-0.1, -0.05) is 0 Å². The first-order valence-corrected chi connectivity index (χ1v) is 12.3. The van der Waals surface area contributed by atoms with E-state index in [9.17, 15) is 17.6 Å². The monoisotopic (exact) mass is 489 g/mol. The largest absolute Gasteiger partial charge is 0.496 e. The van der Waals surface area contributed by atoms with Crippen LogP contribution in [0, 0.1) is 5.82 Å². The van der Waals surface area contributed by atoms with E-state index in [1.807, 2.05) is 4.90 Å². The molecule has 0 radical (unpaired) electrons. The minimum absolute atomic E-state index is 0.181. The number of pyridine rings is 1. The van der Waals surface area contributed by atoms with Gasteiger partial charge in [-0.2, -0.15) is 0 Å². The summed E-state index contributed by atoms with van der Waals surface area (Å²) >= 11 is 0. The molecule has 1 saturated heterocycles. The van der Waals surface area contributed by atoms with Crippen molar-refractivity contribution in [3.05, 3.63) is 64.5 Å². The van der Waals surface area contributed by atoms with E-state index in [0.29, 0.717) is 42.6 Å². The predicted molar refractivity (Wildman–Crippen MR) is 125 cm³/mol. The third kappa shape index (κ3) is 5.02. The maximum Gasteiger partial charge on any atom is 0.255 e. The van der Waals surface area contributed by atoms with E-state index in [4.69, 9.17) is 9.47 Å². The molecule has 2 aromatic heterocycles. The third-order valence-corrected chi connectivity index (χ3v) is 6.00. The van der Waals surface area contributed by atoms with E-state index < -0.39 is 21.9 Å². The second-order valence-corrected chi connectivity index (χ2v) is 9.58. The fourth-order valence-electron chi connectivity index (χ4n) is 3.81. The summed E-state index contributed by atoms with van der Waals surface area (Å²) in [6.45, 7) is 1.07. The summed E-state index contributed by atoms with van der Waals surface area (Å²) in [5, 5.41) is 0. The molecule has 12 heteroatoms. The molecule has 10 nitrogen and oxygen atoms in total. The van der Waals surface area contributed by atoms with Gasteiger partial charge in [-0.3, -0.25) is 19.1 Å². The van der Waals surface area contributed by atoms with Crippen molar-refractivity contribution in [3.8, 4) is 17.0 Å². The van der Waals surface area contributed by atoms with Gasteiger partial charge in [0.05, 0.1) is 38.4 Å². The summed E-state index contributed by atoms with van der Waals surface area (Å²) in [6.07, 6.45) is 3.08. The molecule has 34 heavy (non-hydrogen) atoms. The van der Waals surface area contributed by atoms with Crippen molar-refractivity contribution < 1.29 is 22.3 Å². The van der Waals surface area contributed by atoms with Crippen molar-refractivity contribution in [1.29, 1.82) is 0 Å². The summed E-state index contributed by atoms with van der Waals surface area (Å²) < 4.78 is 52.9. The number of nitrogens with one attached hydrogen (secondary N) is 1. The van der Waals surface area contributed by atoms with Crippen LogP contribution in [0.5, 0.6) is 5.75 Å². The number of sulfonamides is 1. The van der Waals surface area contributed by atoms with E-state index >= 15 is 0 Å². The van der Waals surface area contributed by atoms with E-state index in [1.54, 1.807) is 25.2 Å². The molecule has 1 atom stereocenters. The van der Waals surface area contributed by atoms with Crippen molar-refractivity contribution in [2.75, 3.05) is 42.7 Å². The molecule has 1 aromatic carbocycles. The maximum absolute atomic E-state index is 14.3. The van der Waals surface area contributed by atoms with Gasteiger partial charge in [0, 0.05) is 42.7 Å². The Morgan fingerprint density at radius 2 is 2.06 bits per heavy atom. The number of rotatable bonds is 6. The zero-order chi connectivity index (χ0) is 24.5. The number of hydrogen-bond acceptors (Lipinski definition) is 8. The Hall–Kier alpha value is -3.51. The molecule has 180 valence electrons. The summed E-state index contributed by atoms with van der Waals surface area (Å²) in [5.74, 6) is 0.311. The topological polar surface area (TPSA) is 116 Å². The minimum atomic E-state index is -3.47. The molecule has 1 fully saturated rings. The highest BCUT2D eigenvalue weighted by molar-refractivity contribution is 7.92. The second-order valence-electron chi connectivity index (χ2n) is 7.83. The Kier molecular flexibility index (Phi) is 6.53. The number of methoxy groups -OCH3 is 1. The lowest BCUT2D eigenvalue weighted by molar-refractivity contribution is 0.0375. The van der Waals surface area contributed by atoms with Crippen molar-refractivity contribution in [3.63, 3.8) is 0 Å². The molecule has 4 rings (SSSR count). The molecule has 1 N–H and O–H groups in total. The first kappa shape index (κ1) is 23.6. The maximum atomic E-state index is 14.3. The van der Waals surface area contributed by atoms with Gasteiger partial charge in [-0.05, 0) is 24.3 Å². The van der Waals surface area contributed by atoms with E-state index in [0.717, 1.165) is 12.5 Å². The van der Waals surface area contributed by atoms with Gasteiger partial charge in [0.25, 0.3) is 5.56 Å². The highest BCUT2D eigenvalue weighted by Gasteiger charge is 2.28. The smallest absolute Gasteiger partial charge is 0.255 e. The van der Waals surface area contributed by atoms with Crippen LogP contribution in [-0.4, -0.2) is 56.0 Å². The number of hydrogen-bond donors (Lipinski definition) is 1. The quantitative estimate of drug-likeness (QED) is 0.559. The van der Waals surface area contributed by atoms with E-state index in [-0.39, 0.29) is 16.8 Å². The first-order valence-electron chi connectivity index (χ1n) is 10.4. The lowest BCUT2D eigenvalue weighted by Gasteiger charge is -2.35. The number of anilines is 2. The van der Waals surface area contributed by atoms with Gasteiger partial charge < -0.3 is 14.4 Å². The molecule has 0 spiro atoms. The van der Waals surface area contributed by atoms with E-state index in [1.165, 1.54) is 30.0 Å². The van der Waals surface area contributed by atoms with Gasteiger partial charge in [0.1, 0.15) is 11.9 Å². The average molecular weight is 490 g/mol. The fourth-order valence-corrected chi connectivity index (χ4v) is 4.37. The van der Waals surface area contributed by atoms with Gasteiger partial charge in [-0.15, -0.1) is 0 Å². The average Bonchev–Trinajstić information content (AvgIpc) is 2.80. The molecule has 1 unspecified atom stereocenters. The molecule has 3 heterocycles. The van der Waals surface area contributed by atoms with Gasteiger partial charge in [0.2, 0.25) is 16.0 Å². The Bertz CT molecular complexity index is 1380. The predicted octanol–water partition coefficient (Wildman–Crippen LogP) is 1.94. The van der Waals surface area contributed by atoms with Crippen LogP contribution in [0.1, 0.15) is 11.7 Å². The molecule has 0 amide bonds. The Morgan fingerprint density at radius 3 is 2.76 bits per heavy atom. The van der Waals surface area contributed by atoms with Crippen LogP contribution in [0.4, 0.5) is 16.0 Å². The summed E-state index contributed by atoms with van der Waals surface area (Å²) in [4.78, 5) is 22.8. The molecular weight excluding hydrogens is 465 g/mol. The van der Waals surface area contributed by atoms with Crippen LogP contribution < -0.4 is 19.9 Å². The SMILES string of the molecule is COc1ccc(NS(C)(=O)=O)cc1C1CN(c2nc(-c3ccncc3F)cc(=O)n2C)CCO1. The van der Waals surface area contributed by atoms with Crippen LogP contribution >= 0.6 is 0 Å². The lowest BCUT2D eigenvalue weighted by Crippen LogP contribution is -2.41. The Morgan fingerprint density at radius 1 is 1.26 bits per heavy atom. The zero-order valence-electron chi connectivity index (χ0n) is 18.9. The van der Waals surface area contributed by atoms with Crippen LogP contribution in [-0.2, 0) is 21.8 Å². The lowest BCUT2D eigenvalue weighted by atomic mass is 10.1. The van der Waals surface area contributed by atoms with Crippen molar-refractivity contribution in [2.24, 2.45) is 7.05 Å². The number of ether oxygens (including phenoxy) is 2. The second kappa shape index (κ2) is 9.39. The molecule has 0 aliphatic carbocycles. The van der Waals surface area contributed by atoms with Gasteiger partial charge in [0.15, 0.2) is 5.82 Å². The summed E-state index contributed by atoms with van der Waals surface area (Å²) in [7, 11) is -0.357. The molecule has 0 bridgehead atoms. The number of aromatic nitrogens is 3. The highest BCUT2D eigenvalue weighted by atomic mass is 32.2. The van der Waals surface area contributed by atoms with Crippen molar-refractivity contribution >= 4 is 21.7 Å². The fraction of sp³-hybridized carbons (Fsp3) is 0.318. The van der Waals surface area contributed by atoms with Crippen LogP contribution in [0.15, 0.2) is 47.5 Å². The molecular formula is C22H24FN5O5S.